The van der Waals surface area contributed by atoms with Gasteiger partial charge < -0.3 is 19.7 Å². The van der Waals surface area contributed by atoms with E-state index in [1.165, 1.54) is 42.8 Å². The number of ether oxygens (including phenoxy) is 2. The summed E-state index contributed by atoms with van der Waals surface area (Å²) in [4.78, 5) is 26.6. The maximum atomic E-state index is 13.9. The maximum Gasteiger partial charge on any atom is 0.248 e. The highest BCUT2D eigenvalue weighted by Crippen LogP contribution is 2.43. The third-order valence-electron chi connectivity index (χ3n) is 4.49. The van der Waals surface area contributed by atoms with Gasteiger partial charge in [0.25, 0.3) is 0 Å². The minimum absolute atomic E-state index is 0.0931. The van der Waals surface area contributed by atoms with Gasteiger partial charge in [0.05, 0.1) is 19.9 Å². The molecule has 0 aromatic heterocycles. The van der Waals surface area contributed by atoms with Gasteiger partial charge in [-0.05, 0) is 29.8 Å². The summed E-state index contributed by atoms with van der Waals surface area (Å²) in [6, 6.07) is 10.6. The molecular formula is C20H21FN2O4S. The second-order valence-electron chi connectivity index (χ2n) is 6.21. The van der Waals surface area contributed by atoms with Crippen LogP contribution >= 0.6 is 11.8 Å². The van der Waals surface area contributed by atoms with Crippen LogP contribution in [-0.4, -0.2) is 42.7 Å². The van der Waals surface area contributed by atoms with Crippen LogP contribution in [0, 0.1) is 5.82 Å². The Kier molecular flexibility index (Phi) is 6.08. The van der Waals surface area contributed by atoms with E-state index in [0.29, 0.717) is 17.3 Å². The van der Waals surface area contributed by atoms with Gasteiger partial charge in [0.2, 0.25) is 11.8 Å². The van der Waals surface area contributed by atoms with Gasteiger partial charge in [0.1, 0.15) is 17.2 Å². The van der Waals surface area contributed by atoms with Crippen LogP contribution in [0.25, 0.3) is 0 Å². The Bertz CT molecular complexity index is 892. The fraction of sp³-hybridized carbons (Fsp3) is 0.300. The van der Waals surface area contributed by atoms with Crippen LogP contribution < -0.4 is 14.8 Å². The Labute approximate surface area is 167 Å². The Morgan fingerprint density at radius 3 is 2.50 bits per heavy atom. The Morgan fingerprint density at radius 2 is 1.86 bits per heavy atom. The predicted molar refractivity (Wildman–Crippen MR) is 106 cm³/mol. The molecule has 0 spiro atoms. The molecule has 6 nitrogen and oxygen atoms in total. The average molecular weight is 404 g/mol. The fourth-order valence-electron chi connectivity index (χ4n) is 3.13. The van der Waals surface area contributed by atoms with Crippen LogP contribution in [0.2, 0.25) is 0 Å². The van der Waals surface area contributed by atoms with Crippen LogP contribution in [-0.2, 0) is 9.59 Å². The van der Waals surface area contributed by atoms with Crippen molar-refractivity contribution in [2.24, 2.45) is 0 Å². The van der Waals surface area contributed by atoms with E-state index in [2.05, 4.69) is 5.32 Å². The van der Waals surface area contributed by atoms with E-state index >= 15 is 0 Å². The Hall–Kier alpha value is -2.74. The molecule has 2 aromatic carbocycles. The van der Waals surface area contributed by atoms with Crippen LogP contribution in [0.4, 0.5) is 10.1 Å². The van der Waals surface area contributed by atoms with E-state index in [4.69, 9.17) is 9.47 Å². The molecule has 28 heavy (non-hydrogen) atoms. The second kappa shape index (κ2) is 8.52. The monoisotopic (exact) mass is 404 g/mol. The number of benzene rings is 2. The van der Waals surface area contributed by atoms with Crippen molar-refractivity contribution < 1.29 is 23.5 Å². The van der Waals surface area contributed by atoms with Crippen molar-refractivity contribution in [3.8, 4) is 11.5 Å². The first kappa shape index (κ1) is 20.0. The Morgan fingerprint density at radius 1 is 1.14 bits per heavy atom. The first-order valence-electron chi connectivity index (χ1n) is 8.64. The third-order valence-corrected chi connectivity index (χ3v) is 5.81. The van der Waals surface area contributed by atoms with E-state index in [9.17, 15) is 14.0 Å². The number of anilines is 1. The summed E-state index contributed by atoms with van der Waals surface area (Å²) >= 11 is 1.47. The van der Waals surface area contributed by atoms with Gasteiger partial charge in [-0.1, -0.05) is 18.2 Å². The summed E-state index contributed by atoms with van der Waals surface area (Å²) in [6.45, 7) is 1.42. The normalized spacial score (nSPS) is 18.6. The minimum atomic E-state index is -0.708. The van der Waals surface area contributed by atoms with Crippen LogP contribution in [0.1, 0.15) is 17.9 Å². The highest BCUT2D eigenvalue weighted by atomic mass is 32.2. The van der Waals surface area contributed by atoms with E-state index in [1.807, 2.05) is 6.07 Å². The van der Waals surface area contributed by atoms with Gasteiger partial charge in [-0.2, -0.15) is 0 Å². The lowest BCUT2D eigenvalue weighted by Gasteiger charge is -2.28. The van der Waals surface area contributed by atoms with Gasteiger partial charge in [-0.25, -0.2) is 4.39 Å². The fourth-order valence-corrected chi connectivity index (χ4v) is 4.61. The van der Waals surface area contributed by atoms with E-state index in [1.54, 1.807) is 31.4 Å². The van der Waals surface area contributed by atoms with E-state index < -0.39 is 17.8 Å². The van der Waals surface area contributed by atoms with Crippen LogP contribution in [0.3, 0.4) is 0 Å². The average Bonchev–Trinajstić information content (AvgIpc) is 3.14. The molecule has 1 heterocycles. The van der Waals surface area contributed by atoms with E-state index in [-0.39, 0.29) is 17.0 Å². The number of nitrogens with one attached hydrogen (secondary N) is 1. The molecule has 1 saturated heterocycles. The zero-order chi connectivity index (χ0) is 20.3. The number of rotatable bonds is 5. The van der Waals surface area contributed by atoms with Crippen molar-refractivity contribution in [2.45, 2.75) is 18.3 Å². The molecule has 0 bridgehead atoms. The summed E-state index contributed by atoms with van der Waals surface area (Å²) in [5.74, 6) is 0.348. The molecule has 2 atom stereocenters. The van der Waals surface area contributed by atoms with Crippen LogP contribution in [0.15, 0.2) is 42.5 Å². The summed E-state index contributed by atoms with van der Waals surface area (Å²) in [5.41, 5.74) is 0.912. The second-order valence-corrected chi connectivity index (χ2v) is 7.32. The summed E-state index contributed by atoms with van der Waals surface area (Å²) in [5, 5.41) is 2.23. The smallest absolute Gasteiger partial charge is 0.248 e. The molecule has 1 aliphatic rings. The molecule has 1 N–H and O–H groups in total. The molecule has 1 aliphatic heterocycles. The molecule has 1 fully saturated rings. The quantitative estimate of drug-likeness (QED) is 0.827. The van der Waals surface area contributed by atoms with Crippen molar-refractivity contribution in [1.29, 1.82) is 0 Å². The zero-order valence-corrected chi connectivity index (χ0v) is 16.6. The molecule has 0 aliphatic carbocycles. The summed E-state index contributed by atoms with van der Waals surface area (Å²) in [6.07, 6.45) is 0. The summed E-state index contributed by atoms with van der Waals surface area (Å²) in [7, 11) is 3.09. The van der Waals surface area contributed by atoms with Gasteiger partial charge in [-0.15, -0.1) is 11.8 Å². The lowest BCUT2D eigenvalue weighted by molar-refractivity contribution is -0.136. The Balaban J connectivity index is 1.85. The van der Waals surface area contributed by atoms with Crippen molar-refractivity contribution >= 4 is 29.3 Å². The van der Waals surface area contributed by atoms with Gasteiger partial charge in [0.15, 0.2) is 11.5 Å². The molecule has 2 amide bonds. The molecule has 0 radical (unpaired) electrons. The number of thioether (sulfide) groups is 1. The lowest BCUT2D eigenvalue weighted by atomic mass is 10.1. The zero-order valence-electron chi connectivity index (χ0n) is 15.8. The molecule has 3 rings (SSSR count). The van der Waals surface area contributed by atoms with Gasteiger partial charge in [0, 0.05) is 12.7 Å². The number of nitrogens with zero attached hydrogens (tertiary/aromatic N) is 1. The number of halogens is 1. The third kappa shape index (κ3) is 3.91. The number of amides is 2. The van der Waals surface area contributed by atoms with Crippen molar-refractivity contribution in [3.63, 3.8) is 0 Å². The minimum Gasteiger partial charge on any atom is -0.493 e. The SMILES string of the molecule is COc1ccc([C@H]2SC[C@@H](C(=O)Nc3ccccc3F)N2C(C)=O)cc1OC. The maximum absolute atomic E-state index is 13.9. The first-order chi connectivity index (χ1) is 13.5. The van der Waals surface area contributed by atoms with Crippen LogP contribution in [0.5, 0.6) is 11.5 Å². The molecule has 2 aromatic rings. The van der Waals surface area contributed by atoms with Gasteiger partial charge >= 0.3 is 0 Å². The topological polar surface area (TPSA) is 67.9 Å². The molecule has 0 unspecified atom stereocenters. The van der Waals surface area contributed by atoms with Crippen molar-refractivity contribution in [1.82, 2.24) is 4.90 Å². The first-order valence-corrected chi connectivity index (χ1v) is 9.69. The molecule has 148 valence electrons. The lowest BCUT2D eigenvalue weighted by Crippen LogP contribution is -2.44. The number of methoxy groups -OCH3 is 2. The number of para-hydroxylation sites is 1. The molecule has 8 heteroatoms. The van der Waals surface area contributed by atoms with Gasteiger partial charge in [-0.3, -0.25) is 9.59 Å². The summed E-state index contributed by atoms with van der Waals surface area (Å²) < 4.78 is 24.5. The standard InChI is InChI=1S/C20H21FN2O4S/c1-12(24)23-16(19(25)22-15-7-5-4-6-14(15)21)11-28-20(23)13-8-9-17(26-2)18(10-13)27-3/h4-10,16,20H,11H2,1-3H3,(H,22,25)/t16-,20+/m0/s1. The number of carbonyl (C=O) groups is 2. The van der Waals surface area contributed by atoms with Crippen molar-refractivity contribution in [2.75, 3.05) is 25.3 Å². The predicted octanol–water partition coefficient (Wildman–Crippen LogP) is 3.44. The highest BCUT2D eigenvalue weighted by molar-refractivity contribution is 7.99. The number of carbonyl (C=O) groups excluding carboxylic acids is 2. The number of hydrogen-bond acceptors (Lipinski definition) is 5. The number of hydrogen-bond donors (Lipinski definition) is 1. The molecular weight excluding hydrogens is 383 g/mol. The van der Waals surface area contributed by atoms with E-state index in [0.717, 1.165) is 5.56 Å². The largest absolute Gasteiger partial charge is 0.493 e. The molecule has 0 saturated carbocycles. The van der Waals surface area contributed by atoms with Crippen molar-refractivity contribution in [3.05, 3.63) is 53.8 Å². The highest BCUT2D eigenvalue weighted by Gasteiger charge is 2.41.